The van der Waals surface area contributed by atoms with Crippen LogP contribution >= 0.6 is 11.5 Å². The zero-order valence-corrected chi connectivity index (χ0v) is 17.9. The van der Waals surface area contributed by atoms with E-state index in [1.54, 1.807) is 18.5 Å². The normalized spacial score (nSPS) is 18.7. The first-order valence-corrected chi connectivity index (χ1v) is 11.1. The molecule has 9 nitrogen and oxygen atoms in total. The van der Waals surface area contributed by atoms with E-state index in [9.17, 15) is 10.1 Å². The average Bonchev–Trinajstić information content (AvgIpc) is 3.29. The van der Waals surface area contributed by atoms with E-state index in [0.717, 1.165) is 43.6 Å². The Morgan fingerprint density at radius 3 is 2.97 bits per heavy atom. The average molecular weight is 435 g/mol. The predicted octanol–water partition coefficient (Wildman–Crippen LogP) is 2.57. The quantitative estimate of drug-likeness (QED) is 0.744. The summed E-state index contributed by atoms with van der Waals surface area (Å²) in [7, 11) is 2.11. The minimum atomic E-state index is -0.199. The van der Waals surface area contributed by atoms with E-state index >= 15 is 0 Å². The summed E-state index contributed by atoms with van der Waals surface area (Å²) in [6.45, 7) is 2.48. The molecule has 158 valence electrons. The molecule has 1 fully saturated rings. The highest BCUT2D eigenvalue weighted by Gasteiger charge is 2.34. The molecule has 31 heavy (non-hydrogen) atoms. The van der Waals surface area contributed by atoms with Crippen LogP contribution in [-0.4, -0.2) is 53.1 Å². The predicted molar refractivity (Wildman–Crippen MR) is 120 cm³/mol. The van der Waals surface area contributed by atoms with Crippen LogP contribution in [-0.2, 0) is 0 Å². The maximum Gasteiger partial charge on any atom is 0.267 e. The molecule has 10 heteroatoms. The number of nitriles is 1. The Labute approximate surface area is 184 Å². The molecule has 0 saturated heterocycles. The van der Waals surface area contributed by atoms with Crippen molar-refractivity contribution in [2.24, 2.45) is 5.10 Å². The van der Waals surface area contributed by atoms with Crippen LogP contribution in [0.3, 0.4) is 0 Å². The smallest absolute Gasteiger partial charge is 0.267 e. The highest BCUT2D eigenvalue weighted by Crippen LogP contribution is 2.46. The molecule has 0 aromatic carbocycles. The minimum Gasteiger partial charge on any atom is -0.320 e. The van der Waals surface area contributed by atoms with Crippen LogP contribution < -0.4 is 15.9 Å². The number of likely N-dealkylation sites (N-methyl/N-ethyl adjacent to an activating group) is 1. The molecule has 1 amide bonds. The summed E-state index contributed by atoms with van der Waals surface area (Å²) >= 11 is 1.26. The van der Waals surface area contributed by atoms with Crippen LogP contribution in [0.15, 0.2) is 23.4 Å². The lowest BCUT2D eigenvalue weighted by Crippen LogP contribution is -2.29. The first-order valence-electron chi connectivity index (χ1n) is 10.3. The molecule has 0 atom stereocenters. The molecule has 0 radical (unpaired) electrons. The van der Waals surface area contributed by atoms with E-state index in [-0.39, 0.29) is 5.91 Å². The van der Waals surface area contributed by atoms with Gasteiger partial charge in [-0.2, -0.15) is 19.9 Å². The number of anilines is 2. The molecule has 2 aromatic rings. The van der Waals surface area contributed by atoms with E-state index in [4.69, 9.17) is 0 Å². The maximum absolute atomic E-state index is 13.1. The van der Waals surface area contributed by atoms with Crippen LogP contribution in [0.1, 0.15) is 51.7 Å². The molecule has 0 unspecified atom stereocenters. The first kappa shape index (κ1) is 19.8. The Balaban J connectivity index is 1.40. The van der Waals surface area contributed by atoms with E-state index < -0.39 is 0 Å². The van der Waals surface area contributed by atoms with E-state index in [1.165, 1.54) is 22.2 Å². The summed E-state index contributed by atoms with van der Waals surface area (Å²) in [4.78, 5) is 20.4. The second-order valence-corrected chi connectivity index (χ2v) is 8.70. The van der Waals surface area contributed by atoms with Gasteiger partial charge >= 0.3 is 0 Å². The van der Waals surface area contributed by atoms with Crippen molar-refractivity contribution in [2.45, 2.75) is 25.2 Å². The van der Waals surface area contributed by atoms with Crippen molar-refractivity contribution in [3.05, 3.63) is 40.0 Å². The summed E-state index contributed by atoms with van der Waals surface area (Å²) in [6.07, 6.45) is 8.60. The van der Waals surface area contributed by atoms with Gasteiger partial charge in [0, 0.05) is 24.9 Å². The summed E-state index contributed by atoms with van der Waals surface area (Å²) in [5, 5.41) is 18.0. The van der Waals surface area contributed by atoms with Gasteiger partial charge in [-0.1, -0.05) is 6.08 Å². The number of aromatic nitrogens is 2. The molecule has 3 aliphatic rings. The zero-order chi connectivity index (χ0) is 21.4. The molecule has 0 spiro atoms. The summed E-state index contributed by atoms with van der Waals surface area (Å²) in [5.74, 6) is 0.612. The summed E-state index contributed by atoms with van der Waals surface area (Å²) in [6, 6.07) is 3.74. The fourth-order valence-electron chi connectivity index (χ4n) is 3.81. The largest absolute Gasteiger partial charge is 0.320 e. The third-order valence-corrected chi connectivity index (χ3v) is 6.47. The van der Waals surface area contributed by atoms with Crippen molar-refractivity contribution in [1.29, 1.82) is 5.26 Å². The van der Waals surface area contributed by atoms with Crippen molar-refractivity contribution < 1.29 is 4.79 Å². The van der Waals surface area contributed by atoms with Crippen LogP contribution in [0.4, 0.5) is 11.5 Å². The standard InChI is InChI=1S/C21H22N8OS/c1-28-8-4-14(5-9-28)18-17(13-2-3-13)19(31-27-18)21(30)26-16-10-15(11-22)20(23-12-16)29-24-6-7-25-29/h4,6,10,12-13,25H,2-3,5,7-9H2,1H3,(H,26,30). The van der Waals surface area contributed by atoms with Crippen molar-refractivity contribution in [2.75, 3.05) is 37.1 Å². The maximum atomic E-state index is 13.1. The Morgan fingerprint density at radius 1 is 1.42 bits per heavy atom. The lowest BCUT2D eigenvalue weighted by Gasteiger charge is -2.21. The molecule has 4 heterocycles. The van der Waals surface area contributed by atoms with Crippen LogP contribution in [0.5, 0.6) is 0 Å². The van der Waals surface area contributed by atoms with Crippen molar-refractivity contribution in [3.8, 4) is 6.07 Å². The summed E-state index contributed by atoms with van der Waals surface area (Å²) in [5.41, 5.74) is 7.12. The zero-order valence-electron chi connectivity index (χ0n) is 17.1. The van der Waals surface area contributed by atoms with Crippen LogP contribution in [0.25, 0.3) is 5.57 Å². The number of carbonyl (C=O) groups is 1. The number of pyridine rings is 1. The number of hydrazine groups is 1. The lowest BCUT2D eigenvalue weighted by atomic mass is 9.98. The van der Waals surface area contributed by atoms with Gasteiger partial charge in [0.1, 0.15) is 16.5 Å². The summed E-state index contributed by atoms with van der Waals surface area (Å²) < 4.78 is 4.68. The number of hydrogen-bond acceptors (Lipinski definition) is 9. The van der Waals surface area contributed by atoms with E-state index in [1.807, 2.05) is 0 Å². The number of rotatable bonds is 5. The third kappa shape index (κ3) is 3.95. The van der Waals surface area contributed by atoms with Gasteiger partial charge in [-0.15, -0.1) is 0 Å². The number of hydrazone groups is 1. The topological polar surface area (TPSA) is 110 Å². The van der Waals surface area contributed by atoms with Crippen molar-refractivity contribution in [1.82, 2.24) is 19.7 Å². The lowest BCUT2D eigenvalue weighted by molar-refractivity contribution is 0.102. The van der Waals surface area contributed by atoms with Gasteiger partial charge in [0.2, 0.25) is 0 Å². The monoisotopic (exact) mass is 434 g/mol. The minimum absolute atomic E-state index is 0.199. The van der Waals surface area contributed by atoms with Gasteiger partial charge in [-0.05, 0) is 55.4 Å². The molecule has 2 aromatic heterocycles. The van der Waals surface area contributed by atoms with Gasteiger partial charge in [0.25, 0.3) is 5.91 Å². The molecule has 1 aliphatic carbocycles. The fourth-order valence-corrected chi connectivity index (χ4v) is 4.71. The van der Waals surface area contributed by atoms with Gasteiger partial charge in [0.15, 0.2) is 5.82 Å². The van der Waals surface area contributed by atoms with Crippen LogP contribution in [0.2, 0.25) is 0 Å². The van der Waals surface area contributed by atoms with E-state index in [0.29, 0.717) is 34.4 Å². The number of nitrogens with one attached hydrogen (secondary N) is 2. The molecule has 2 aliphatic heterocycles. The SMILES string of the molecule is CN1CC=C(c2nsc(C(=O)Nc3cnc(N4N=CCN4)c(C#N)c3)c2C2CC2)CC1. The second kappa shape index (κ2) is 8.19. The molecule has 0 bridgehead atoms. The second-order valence-electron chi connectivity index (χ2n) is 7.92. The molecule has 2 N–H and O–H groups in total. The number of hydrogen-bond donors (Lipinski definition) is 2. The first-order chi connectivity index (χ1) is 15.1. The number of amides is 1. The molecule has 1 saturated carbocycles. The number of nitrogens with zero attached hydrogens (tertiary/aromatic N) is 6. The highest BCUT2D eigenvalue weighted by molar-refractivity contribution is 7.08. The Hall–Kier alpha value is -3.13. The van der Waals surface area contributed by atoms with Crippen molar-refractivity contribution in [3.63, 3.8) is 0 Å². The third-order valence-electron chi connectivity index (χ3n) is 5.61. The number of carbonyl (C=O) groups excluding carboxylic acids is 1. The van der Waals surface area contributed by atoms with Crippen LogP contribution in [0, 0.1) is 11.3 Å². The van der Waals surface area contributed by atoms with Gasteiger partial charge in [0.05, 0.1) is 24.1 Å². The van der Waals surface area contributed by atoms with Gasteiger partial charge in [-0.25, -0.2) is 10.4 Å². The molecular formula is C21H22N8OS. The Morgan fingerprint density at radius 2 is 2.29 bits per heavy atom. The fraction of sp³-hybridized carbons (Fsp3) is 0.381. The van der Waals surface area contributed by atoms with Gasteiger partial charge in [-0.3, -0.25) is 4.79 Å². The van der Waals surface area contributed by atoms with E-state index in [2.05, 4.69) is 49.3 Å². The highest BCUT2D eigenvalue weighted by atomic mass is 32.1. The molecular weight excluding hydrogens is 412 g/mol. The van der Waals surface area contributed by atoms with Gasteiger partial charge < -0.3 is 10.2 Å². The Kier molecular flexibility index (Phi) is 5.23. The van der Waals surface area contributed by atoms with Crippen molar-refractivity contribution >= 4 is 40.7 Å². The Bertz CT molecular complexity index is 1130. The molecule has 5 rings (SSSR count).